The van der Waals surface area contributed by atoms with Gasteiger partial charge in [-0.15, -0.1) is 0 Å². The first-order chi connectivity index (χ1) is 19.3. The smallest absolute Gasteiger partial charge is 0.119 e. The molecule has 40 heavy (non-hydrogen) atoms. The van der Waals surface area contributed by atoms with Crippen LogP contribution < -0.4 is 29.1 Å². The summed E-state index contributed by atoms with van der Waals surface area (Å²) in [6, 6.07) is 26.6. The Morgan fingerprint density at radius 3 is 1.05 bits per heavy atom. The van der Waals surface area contributed by atoms with Crippen LogP contribution in [0.1, 0.15) is 22.3 Å². The van der Waals surface area contributed by atoms with Gasteiger partial charge in [0.25, 0.3) is 0 Å². The van der Waals surface area contributed by atoms with Crippen molar-refractivity contribution in [3.05, 3.63) is 95.1 Å². The molecule has 0 saturated carbocycles. The van der Waals surface area contributed by atoms with Gasteiger partial charge >= 0.3 is 0 Å². The lowest BCUT2D eigenvalue weighted by Crippen LogP contribution is -2.27. The van der Waals surface area contributed by atoms with Crippen LogP contribution >= 0.6 is 0 Å². The van der Waals surface area contributed by atoms with Crippen LogP contribution in [0.15, 0.2) is 72.8 Å². The van der Waals surface area contributed by atoms with E-state index in [0.717, 1.165) is 37.7 Å². The minimum Gasteiger partial charge on any atom is -0.497 e. The van der Waals surface area contributed by atoms with Crippen molar-refractivity contribution in [3.8, 4) is 22.6 Å². The van der Waals surface area contributed by atoms with E-state index in [0.29, 0.717) is 0 Å². The van der Waals surface area contributed by atoms with Gasteiger partial charge in [0.05, 0.1) is 14.2 Å². The number of benzene rings is 4. The SMILES string of the molecule is COc1ccc2c(c1)CN(C)c1ccc(-c3ccc4c(c3)CN(C)c3ccc(OC)cc3CN4C)cc1CN2C. The molecule has 2 aliphatic rings. The number of hydrogen-bond donors (Lipinski definition) is 0. The summed E-state index contributed by atoms with van der Waals surface area (Å²) in [4.78, 5) is 9.39. The van der Waals surface area contributed by atoms with Crippen molar-refractivity contribution >= 4 is 22.7 Å². The van der Waals surface area contributed by atoms with Gasteiger partial charge in [0, 0.05) is 77.1 Å². The largest absolute Gasteiger partial charge is 0.497 e. The number of hydrogen-bond acceptors (Lipinski definition) is 6. The van der Waals surface area contributed by atoms with Crippen molar-refractivity contribution in [2.24, 2.45) is 0 Å². The fraction of sp³-hybridized carbons (Fsp3) is 0.294. The predicted octanol–water partition coefficient (Wildman–Crippen LogP) is 6.54. The monoisotopic (exact) mass is 534 g/mol. The van der Waals surface area contributed by atoms with E-state index in [1.807, 2.05) is 0 Å². The van der Waals surface area contributed by atoms with Crippen LogP contribution in [0.25, 0.3) is 11.1 Å². The van der Waals surface area contributed by atoms with E-state index in [4.69, 9.17) is 9.47 Å². The fourth-order valence-electron chi connectivity index (χ4n) is 6.27. The number of methoxy groups -OCH3 is 2. The van der Waals surface area contributed by atoms with Crippen LogP contribution in [0.2, 0.25) is 0 Å². The Bertz CT molecular complexity index is 1450. The molecule has 4 aromatic carbocycles. The molecule has 206 valence electrons. The van der Waals surface area contributed by atoms with Gasteiger partial charge in [-0.1, -0.05) is 12.1 Å². The first-order valence-corrected chi connectivity index (χ1v) is 13.8. The maximum absolute atomic E-state index is 5.50. The fourth-order valence-corrected chi connectivity index (χ4v) is 6.27. The number of rotatable bonds is 3. The first-order valence-electron chi connectivity index (χ1n) is 13.8. The molecule has 0 saturated heterocycles. The predicted molar refractivity (Wildman–Crippen MR) is 166 cm³/mol. The molecule has 0 spiro atoms. The van der Waals surface area contributed by atoms with Gasteiger partial charge < -0.3 is 29.1 Å². The Balaban J connectivity index is 1.33. The van der Waals surface area contributed by atoms with Gasteiger partial charge in [0.1, 0.15) is 11.5 Å². The van der Waals surface area contributed by atoms with Gasteiger partial charge in [-0.05, 0) is 94.0 Å². The zero-order valence-electron chi connectivity index (χ0n) is 24.4. The van der Waals surface area contributed by atoms with E-state index in [1.165, 1.54) is 56.1 Å². The summed E-state index contributed by atoms with van der Waals surface area (Å²) in [7, 11) is 12.2. The van der Waals surface area contributed by atoms with Crippen molar-refractivity contribution in [1.82, 2.24) is 0 Å². The normalized spacial score (nSPS) is 14.7. The van der Waals surface area contributed by atoms with Gasteiger partial charge in [-0.3, -0.25) is 0 Å². The molecule has 0 aliphatic carbocycles. The van der Waals surface area contributed by atoms with Crippen LogP contribution in [-0.4, -0.2) is 42.4 Å². The van der Waals surface area contributed by atoms with Crippen LogP contribution in [-0.2, 0) is 26.2 Å². The first kappa shape index (κ1) is 25.9. The molecule has 0 N–H and O–H groups in total. The molecule has 0 bridgehead atoms. The standard InChI is InChI=1S/C34H38N4O2/c1-35-19-25-15-23(7-11-31(25)37(3)21-27-17-29(39-5)9-13-33(27)35)24-8-12-32-26(16-24)20-36(2)34-14-10-30(40-6)18-28(34)22-38(32)4/h7-18H,19-22H2,1-6H3. The number of fused-ring (bicyclic) bond motifs is 4. The summed E-state index contributed by atoms with van der Waals surface area (Å²) in [6.45, 7) is 3.33. The van der Waals surface area contributed by atoms with Crippen LogP contribution in [0.5, 0.6) is 11.5 Å². The van der Waals surface area contributed by atoms with E-state index in [9.17, 15) is 0 Å². The zero-order chi connectivity index (χ0) is 28.0. The van der Waals surface area contributed by atoms with Crippen LogP contribution in [0, 0.1) is 0 Å². The zero-order valence-corrected chi connectivity index (χ0v) is 24.4. The highest BCUT2D eigenvalue weighted by Crippen LogP contribution is 2.38. The third kappa shape index (κ3) is 4.68. The molecule has 6 heteroatoms. The van der Waals surface area contributed by atoms with E-state index in [2.05, 4.69) is 121 Å². The quantitative estimate of drug-likeness (QED) is 0.297. The molecule has 2 aliphatic heterocycles. The Morgan fingerprint density at radius 1 is 0.425 bits per heavy atom. The molecule has 0 amide bonds. The second-order valence-electron chi connectivity index (χ2n) is 11.1. The summed E-state index contributed by atoms with van der Waals surface area (Å²) in [6.07, 6.45) is 0. The summed E-state index contributed by atoms with van der Waals surface area (Å²) in [5.41, 5.74) is 12.7. The van der Waals surface area contributed by atoms with Crippen molar-refractivity contribution in [3.63, 3.8) is 0 Å². The summed E-state index contributed by atoms with van der Waals surface area (Å²) < 4.78 is 11.0. The third-order valence-electron chi connectivity index (χ3n) is 8.34. The maximum Gasteiger partial charge on any atom is 0.119 e. The molecular formula is C34H38N4O2. The molecular weight excluding hydrogens is 496 g/mol. The van der Waals surface area contributed by atoms with Crippen LogP contribution in [0.3, 0.4) is 0 Å². The average molecular weight is 535 g/mol. The lowest BCUT2D eigenvalue weighted by molar-refractivity contribution is 0.414. The second-order valence-corrected chi connectivity index (χ2v) is 11.1. The Kier molecular flexibility index (Phi) is 6.70. The molecule has 6 nitrogen and oxygen atoms in total. The highest BCUT2D eigenvalue weighted by atomic mass is 16.5. The van der Waals surface area contributed by atoms with Crippen molar-refractivity contribution in [2.75, 3.05) is 62.0 Å². The minimum atomic E-state index is 0.827. The Hall–Kier alpha value is -4.32. The van der Waals surface area contributed by atoms with E-state index in [1.54, 1.807) is 14.2 Å². The van der Waals surface area contributed by atoms with E-state index < -0.39 is 0 Å². The highest BCUT2D eigenvalue weighted by Gasteiger charge is 2.22. The van der Waals surface area contributed by atoms with Gasteiger partial charge in [0.15, 0.2) is 0 Å². The van der Waals surface area contributed by atoms with Crippen molar-refractivity contribution in [1.29, 1.82) is 0 Å². The summed E-state index contributed by atoms with van der Waals surface area (Å²) in [5.74, 6) is 1.80. The molecule has 0 aromatic heterocycles. The summed E-state index contributed by atoms with van der Waals surface area (Å²) >= 11 is 0. The average Bonchev–Trinajstić information content (AvgIpc) is 2.95. The van der Waals surface area contributed by atoms with Gasteiger partial charge in [-0.2, -0.15) is 0 Å². The number of nitrogens with zero attached hydrogens (tertiary/aromatic N) is 4. The molecule has 0 fully saturated rings. The number of ether oxygens (including phenoxy) is 2. The van der Waals surface area contributed by atoms with E-state index in [-0.39, 0.29) is 0 Å². The van der Waals surface area contributed by atoms with Crippen molar-refractivity contribution in [2.45, 2.75) is 26.2 Å². The van der Waals surface area contributed by atoms with E-state index >= 15 is 0 Å². The second kappa shape index (κ2) is 10.3. The topological polar surface area (TPSA) is 31.4 Å². The molecule has 2 heterocycles. The molecule has 6 rings (SSSR count). The molecule has 0 atom stereocenters. The highest BCUT2D eigenvalue weighted by molar-refractivity contribution is 5.74. The van der Waals surface area contributed by atoms with Crippen molar-refractivity contribution < 1.29 is 9.47 Å². The Labute approximate surface area is 238 Å². The number of anilines is 4. The minimum absolute atomic E-state index is 0.827. The van der Waals surface area contributed by atoms with Crippen LogP contribution in [0.4, 0.5) is 22.7 Å². The van der Waals surface area contributed by atoms with Gasteiger partial charge in [-0.25, -0.2) is 0 Å². The lowest BCUT2D eigenvalue weighted by Gasteiger charge is -2.33. The van der Waals surface area contributed by atoms with Gasteiger partial charge in [0.2, 0.25) is 0 Å². The Morgan fingerprint density at radius 2 is 0.725 bits per heavy atom. The molecule has 4 aromatic rings. The summed E-state index contributed by atoms with van der Waals surface area (Å²) in [5, 5.41) is 0. The maximum atomic E-state index is 5.50. The molecule has 0 unspecified atom stereocenters. The lowest BCUT2D eigenvalue weighted by atomic mass is 9.96. The molecule has 0 radical (unpaired) electrons. The third-order valence-corrected chi connectivity index (χ3v) is 8.34.